The van der Waals surface area contributed by atoms with Gasteiger partial charge in [0.2, 0.25) is 0 Å². The van der Waals surface area contributed by atoms with Gasteiger partial charge in [-0.05, 0) is 35.9 Å². The highest BCUT2D eigenvalue weighted by molar-refractivity contribution is 6.31. The Labute approximate surface area is 145 Å². The van der Waals surface area contributed by atoms with Crippen molar-refractivity contribution in [2.75, 3.05) is 26.1 Å². The van der Waals surface area contributed by atoms with Gasteiger partial charge in [0.1, 0.15) is 23.2 Å². The lowest BCUT2D eigenvalue weighted by atomic mass is 9.95. The molecule has 5 heteroatoms. The molecular formula is C19H16ClN3O. The lowest BCUT2D eigenvalue weighted by molar-refractivity contribution is 0.415. The number of nitrogens with zero attached hydrogens (tertiary/aromatic N) is 3. The summed E-state index contributed by atoms with van der Waals surface area (Å²) in [6, 6.07) is 15.5. The second-order valence-electron chi connectivity index (χ2n) is 5.59. The van der Waals surface area contributed by atoms with Crippen LogP contribution >= 0.6 is 11.6 Å². The van der Waals surface area contributed by atoms with Crippen molar-refractivity contribution in [1.82, 2.24) is 4.98 Å². The zero-order chi connectivity index (χ0) is 17.3. The van der Waals surface area contributed by atoms with E-state index in [4.69, 9.17) is 16.3 Å². The molecule has 0 spiro atoms. The topological polar surface area (TPSA) is 49.1 Å². The van der Waals surface area contributed by atoms with Crippen LogP contribution in [0.4, 0.5) is 5.82 Å². The number of nitriles is 1. The van der Waals surface area contributed by atoms with Crippen molar-refractivity contribution in [2.24, 2.45) is 0 Å². The Hall–Kier alpha value is -2.77. The Bertz CT molecular complexity index is 961. The van der Waals surface area contributed by atoms with E-state index in [2.05, 4.69) is 11.1 Å². The Balaban J connectivity index is 2.48. The number of halogens is 1. The molecule has 0 aliphatic rings. The summed E-state index contributed by atoms with van der Waals surface area (Å²) < 4.78 is 5.34. The highest BCUT2D eigenvalue weighted by Crippen LogP contribution is 2.37. The number of pyridine rings is 1. The summed E-state index contributed by atoms with van der Waals surface area (Å²) in [5.74, 6) is 1.35. The van der Waals surface area contributed by atoms with E-state index < -0.39 is 0 Å². The Morgan fingerprint density at radius 2 is 1.96 bits per heavy atom. The van der Waals surface area contributed by atoms with Gasteiger partial charge in [-0.3, -0.25) is 0 Å². The van der Waals surface area contributed by atoms with E-state index in [1.165, 1.54) is 0 Å². The number of hydrogen-bond acceptors (Lipinski definition) is 4. The summed E-state index contributed by atoms with van der Waals surface area (Å²) in [5.41, 5.74) is 3.01. The molecule has 0 unspecified atom stereocenters. The molecular weight excluding hydrogens is 322 g/mol. The average molecular weight is 338 g/mol. The second-order valence-corrected chi connectivity index (χ2v) is 6.02. The number of benzene rings is 2. The number of rotatable bonds is 3. The zero-order valence-electron chi connectivity index (χ0n) is 13.7. The summed E-state index contributed by atoms with van der Waals surface area (Å²) in [7, 11) is 5.37. The van der Waals surface area contributed by atoms with E-state index in [0.29, 0.717) is 22.2 Å². The van der Waals surface area contributed by atoms with Crippen LogP contribution in [-0.2, 0) is 0 Å². The SMILES string of the molecule is COc1ccc2nc(N(C)C)c(C#N)c(-c3cccc(Cl)c3)c2c1. The highest BCUT2D eigenvalue weighted by Gasteiger charge is 2.18. The fraction of sp³-hybridized carbons (Fsp3) is 0.158. The predicted octanol–water partition coefficient (Wildman–Crippen LogP) is 4.50. The molecule has 24 heavy (non-hydrogen) atoms. The minimum absolute atomic E-state index is 0.517. The molecule has 4 nitrogen and oxygen atoms in total. The van der Waals surface area contributed by atoms with Crippen LogP contribution in [0.2, 0.25) is 5.02 Å². The standard InChI is InChI=1S/C19H16ClN3O/c1-23(2)19-16(11-21)18(12-5-4-6-13(20)9-12)15-10-14(24-3)7-8-17(15)22-19/h4-10H,1-3H3. The first-order valence-corrected chi connectivity index (χ1v) is 7.78. The van der Waals surface area contributed by atoms with Crippen LogP contribution in [0.25, 0.3) is 22.0 Å². The molecule has 0 saturated heterocycles. The Kier molecular flexibility index (Phi) is 4.28. The maximum atomic E-state index is 9.78. The molecule has 3 rings (SSSR count). The summed E-state index contributed by atoms with van der Waals surface area (Å²) in [4.78, 5) is 6.49. The molecule has 1 aromatic heterocycles. The van der Waals surface area contributed by atoms with Crippen molar-refractivity contribution in [3.8, 4) is 22.9 Å². The minimum atomic E-state index is 0.517. The number of aromatic nitrogens is 1. The average Bonchev–Trinajstić information content (AvgIpc) is 2.59. The third kappa shape index (κ3) is 2.75. The molecule has 0 atom stereocenters. The quantitative estimate of drug-likeness (QED) is 0.706. The smallest absolute Gasteiger partial charge is 0.147 e. The van der Waals surface area contributed by atoms with Gasteiger partial charge >= 0.3 is 0 Å². The van der Waals surface area contributed by atoms with Crippen molar-refractivity contribution < 1.29 is 4.74 Å². The van der Waals surface area contributed by atoms with Gasteiger partial charge in [0.05, 0.1) is 12.6 Å². The van der Waals surface area contributed by atoms with E-state index in [-0.39, 0.29) is 0 Å². The van der Waals surface area contributed by atoms with Crippen molar-refractivity contribution in [3.63, 3.8) is 0 Å². The molecule has 0 N–H and O–H groups in total. The van der Waals surface area contributed by atoms with Crippen molar-refractivity contribution in [2.45, 2.75) is 0 Å². The van der Waals surface area contributed by atoms with Crippen LogP contribution < -0.4 is 9.64 Å². The van der Waals surface area contributed by atoms with Crippen LogP contribution in [0.3, 0.4) is 0 Å². The van der Waals surface area contributed by atoms with Crippen LogP contribution in [0.15, 0.2) is 42.5 Å². The lowest BCUT2D eigenvalue weighted by Gasteiger charge is -2.18. The maximum Gasteiger partial charge on any atom is 0.147 e. The fourth-order valence-corrected chi connectivity index (χ4v) is 2.92. The van der Waals surface area contributed by atoms with Crippen molar-refractivity contribution in [3.05, 3.63) is 53.1 Å². The third-order valence-electron chi connectivity index (χ3n) is 3.82. The van der Waals surface area contributed by atoms with E-state index >= 15 is 0 Å². The number of anilines is 1. The molecule has 0 saturated carbocycles. The number of fused-ring (bicyclic) bond motifs is 1. The molecule has 3 aromatic rings. The van der Waals surface area contributed by atoms with Gasteiger partial charge in [0.25, 0.3) is 0 Å². The van der Waals surface area contributed by atoms with E-state index in [9.17, 15) is 5.26 Å². The molecule has 2 aromatic carbocycles. The largest absolute Gasteiger partial charge is 0.497 e. The third-order valence-corrected chi connectivity index (χ3v) is 4.06. The molecule has 0 fully saturated rings. The summed E-state index contributed by atoms with van der Waals surface area (Å²) >= 11 is 6.17. The van der Waals surface area contributed by atoms with E-state index in [1.54, 1.807) is 7.11 Å². The molecule has 1 heterocycles. The zero-order valence-corrected chi connectivity index (χ0v) is 14.4. The van der Waals surface area contributed by atoms with Gasteiger partial charge < -0.3 is 9.64 Å². The molecule has 0 aliphatic heterocycles. The van der Waals surface area contributed by atoms with Gasteiger partial charge in [-0.15, -0.1) is 0 Å². The van der Waals surface area contributed by atoms with Crippen molar-refractivity contribution >= 4 is 28.3 Å². The summed E-state index contributed by atoms with van der Waals surface area (Å²) in [6.07, 6.45) is 0. The van der Waals surface area contributed by atoms with Gasteiger partial charge in [-0.25, -0.2) is 4.98 Å². The predicted molar refractivity (Wildman–Crippen MR) is 97.8 cm³/mol. The Morgan fingerprint density at radius 3 is 2.58 bits per heavy atom. The van der Waals surface area contributed by atoms with Crippen LogP contribution in [0.1, 0.15) is 5.56 Å². The number of hydrogen-bond donors (Lipinski definition) is 0. The molecule has 0 bridgehead atoms. The van der Waals surface area contributed by atoms with Gasteiger partial charge in [-0.1, -0.05) is 23.7 Å². The van der Waals surface area contributed by atoms with Crippen LogP contribution in [0.5, 0.6) is 5.75 Å². The van der Waals surface area contributed by atoms with Gasteiger partial charge in [-0.2, -0.15) is 5.26 Å². The second kappa shape index (κ2) is 6.38. The van der Waals surface area contributed by atoms with Gasteiger partial charge in [0.15, 0.2) is 0 Å². The molecule has 0 radical (unpaired) electrons. The summed E-state index contributed by atoms with van der Waals surface area (Å²) in [5, 5.41) is 11.3. The van der Waals surface area contributed by atoms with E-state index in [0.717, 1.165) is 22.0 Å². The summed E-state index contributed by atoms with van der Waals surface area (Å²) in [6.45, 7) is 0. The maximum absolute atomic E-state index is 9.78. The lowest BCUT2D eigenvalue weighted by Crippen LogP contribution is -2.13. The van der Waals surface area contributed by atoms with E-state index in [1.807, 2.05) is 61.5 Å². The minimum Gasteiger partial charge on any atom is -0.497 e. The fourth-order valence-electron chi connectivity index (χ4n) is 2.73. The van der Waals surface area contributed by atoms with Crippen LogP contribution in [0, 0.1) is 11.3 Å². The monoisotopic (exact) mass is 337 g/mol. The molecule has 0 aliphatic carbocycles. The number of methoxy groups -OCH3 is 1. The number of ether oxygens (including phenoxy) is 1. The first kappa shape index (κ1) is 16.1. The molecule has 0 amide bonds. The first-order valence-electron chi connectivity index (χ1n) is 7.40. The highest BCUT2D eigenvalue weighted by atomic mass is 35.5. The van der Waals surface area contributed by atoms with Gasteiger partial charge in [0, 0.05) is 30.1 Å². The first-order chi connectivity index (χ1) is 11.5. The van der Waals surface area contributed by atoms with Crippen LogP contribution in [-0.4, -0.2) is 26.2 Å². The normalized spacial score (nSPS) is 10.5. The Morgan fingerprint density at radius 1 is 1.17 bits per heavy atom. The van der Waals surface area contributed by atoms with Crippen molar-refractivity contribution in [1.29, 1.82) is 5.26 Å². The molecule has 120 valence electrons.